The van der Waals surface area contributed by atoms with Crippen LogP contribution in [0.4, 0.5) is 0 Å². The van der Waals surface area contributed by atoms with Gasteiger partial charge in [0.1, 0.15) is 0 Å². The lowest BCUT2D eigenvalue weighted by molar-refractivity contribution is 0.0698. The number of likely N-dealkylation sites (tertiary alicyclic amines) is 1. The molecule has 5 rings (SSSR count). The van der Waals surface area contributed by atoms with Gasteiger partial charge in [0.05, 0.1) is 16.6 Å². The second-order valence-electron chi connectivity index (χ2n) is 8.33. The van der Waals surface area contributed by atoms with E-state index in [2.05, 4.69) is 20.3 Å². The van der Waals surface area contributed by atoms with Crippen molar-refractivity contribution < 1.29 is 9.59 Å². The molecule has 0 atom stereocenters. The third-order valence-corrected chi connectivity index (χ3v) is 6.93. The molecule has 0 aliphatic carbocycles. The fourth-order valence-corrected chi connectivity index (χ4v) is 4.91. The predicted octanol–water partition coefficient (Wildman–Crippen LogP) is 4.28. The van der Waals surface area contributed by atoms with E-state index in [9.17, 15) is 9.59 Å². The number of hydrogen-bond acceptors (Lipinski definition) is 5. The van der Waals surface area contributed by atoms with Gasteiger partial charge >= 0.3 is 0 Å². The van der Waals surface area contributed by atoms with Crippen molar-refractivity contribution in [2.24, 2.45) is 0 Å². The van der Waals surface area contributed by atoms with E-state index in [1.165, 1.54) is 0 Å². The van der Waals surface area contributed by atoms with Crippen LogP contribution in [0.25, 0.3) is 11.0 Å². The molecule has 0 radical (unpaired) electrons. The summed E-state index contributed by atoms with van der Waals surface area (Å²) in [6.07, 6.45) is 4.69. The number of nitrogens with one attached hydrogen (secondary N) is 2. The summed E-state index contributed by atoms with van der Waals surface area (Å²) < 4.78 is 0. The van der Waals surface area contributed by atoms with Crippen LogP contribution in [-0.4, -0.2) is 50.8 Å². The van der Waals surface area contributed by atoms with E-state index < -0.39 is 0 Å². The average molecular weight is 472 g/mol. The Morgan fingerprint density at radius 3 is 2.53 bits per heavy atom. The molecule has 2 amide bonds. The number of H-pyrrole nitrogens is 1. The number of pyridine rings is 1. The molecule has 1 aliphatic heterocycles. The maximum atomic E-state index is 13.0. The Morgan fingerprint density at radius 1 is 1.00 bits per heavy atom. The molecule has 172 valence electrons. The number of aromatic nitrogens is 3. The van der Waals surface area contributed by atoms with Gasteiger partial charge in [-0.25, -0.2) is 4.98 Å². The first-order chi connectivity index (χ1) is 16.7. The number of carbonyl (C=O) groups is 2. The summed E-state index contributed by atoms with van der Waals surface area (Å²) in [5.41, 5.74) is 4.38. The number of amides is 2. The molecule has 2 N–H and O–H groups in total. The Bertz CT molecular complexity index is 1250. The molecule has 1 fully saturated rings. The van der Waals surface area contributed by atoms with Gasteiger partial charge in [-0.1, -0.05) is 36.0 Å². The van der Waals surface area contributed by atoms with Gasteiger partial charge in [0.25, 0.3) is 11.8 Å². The lowest BCUT2D eigenvalue weighted by Gasteiger charge is -2.32. The second kappa shape index (κ2) is 10.1. The van der Waals surface area contributed by atoms with Crippen LogP contribution in [0, 0.1) is 0 Å². The molecule has 2 aromatic heterocycles. The minimum Gasteiger partial charge on any atom is -0.349 e. The SMILES string of the molecule is O=C(NC1CCN(C(=O)c2ccc(CSc3nc4ccccc4[nH]3)cc2)CC1)c1cccnc1. The summed E-state index contributed by atoms with van der Waals surface area (Å²) in [7, 11) is 0. The van der Waals surface area contributed by atoms with Crippen molar-refractivity contribution in [3.05, 3.63) is 89.7 Å². The van der Waals surface area contributed by atoms with Gasteiger partial charge in [-0.05, 0) is 54.8 Å². The molecule has 0 saturated carbocycles. The fourth-order valence-electron chi connectivity index (χ4n) is 4.07. The van der Waals surface area contributed by atoms with Gasteiger partial charge in [0.15, 0.2) is 5.16 Å². The van der Waals surface area contributed by atoms with Gasteiger partial charge in [-0.15, -0.1) is 0 Å². The monoisotopic (exact) mass is 471 g/mol. The van der Waals surface area contributed by atoms with Crippen molar-refractivity contribution in [2.75, 3.05) is 13.1 Å². The predicted molar refractivity (Wildman–Crippen MR) is 133 cm³/mol. The molecule has 8 heteroatoms. The van der Waals surface area contributed by atoms with Crippen LogP contribution < -0.4 is 5.32 Å². The molecular weight excluding hydrogens is 446 g/mol. The molecular formula is C26H25N5O2S. The number of imidazole rings is 1. The molecule has 2 aromatic carbocycles. The number of rotatable bonds is 6. The van der Waals surface area contributed by atoms with Crippen molar-refractivity contribution in [2.45, 2.75) is 29.8 Å². The van der Waals surface area contributed by atoms with Crippen LogP contribution in [0.3, 0.4) is 0 Å². The Balaban J connectivity index is 1.11. The maximum absolute atomic E-state index is 13.0. The van der Waals surface area contributed by atoms with Gasteiger partial charge in [-0.3, -0.25) is 14.6 Å². The summed E-state index contributed by atoms with van der Waals surface area (Å²) in [6.45, 7) is 1.25. The zero-order valence-electron chi connectivity index (χ0n) is 18.6. The summed E-state index contributed by atoms with van der Waals surface area (Å²) in [5, 5.41) is 3.94. The molecule has 0 bridgehead atoms. The van der Waals surface area contributed by atoms with E-state index >= 15 is 0 Å². The number of hydrogen-bond donors (Lipinski definition) is 2. The van der Waals surface area contributed by atoms with Crippen LogP contribution in [0.2, 0.25) is 0 Å². The number of fused-ring (bicyclic) bond motifs is 1. The van der Waals surface area contributed by atoms with E-state index in [0.717, 1.165) is 40.3 Å². The maximum Gasteiger partial charge on any atom is 0.253 e. The van der Waals surface area contributed by atoms with Gasteiger partial charge in [-0.2, -0.15) is 0 Å². The third-order valence-electron chi connectivity index (χ3n) is 5.99. The number of carbonyl (C=O) groups excluding carboxylic acids is 2. The number of para-hydroxylation sites is 2. The van der Waals surface area contributed by atoms with E-state index in [1.807, 2.05) is 53.4 Å². The Hall–Kier alpha value is -3.65. The lowest BCUT2D eigenvalue weighted by atomic mass is 10.0. The molecule has 0 unspecified atom stereocenters. The summed E-state index contributed by atoms with van der Waals surface area (Å²) >= 11 is 1.64. The largest absolute Gasteiger partial charge is 0.349 e. The zero-order valence-corrected chi connectivity index (χ0v) is 19.4. The van der Waals surface area contributed by atoms with Crippen molar-refractivity contribution in [1.82, 2.24) is 25.2 Å². The highest BCUT2D eigenvalue weighted by molar-refractivity contribution is 7.98. The summed E-state index contributed by atoms with van der Waals surface area (Å²) in [4.78, 5) is 39.1. The van der Waals surface area contributed by atoms with Crippen LogP contribution in [0.15, 0.2) is 78.2 Å². The molecule has 7 nitrogen and oxygen atoms in total. The van der Waals surface area contributed by atoms with Crippen LogP contribution in [-0.2, 0) is 5.75 Å². The first kappa shape index (κ1) is 22.2. The highest BCUT2D eigenvalue weighted by Crippen LogP contribution is 2.23. The standard InChI is InChI=1S/C26H25N5O2S/c32-24(20-4-3-13-27-16-20)28-21-11-14-31(15-12-21)25(33)19-9-7-18(8-10-19)17-34-26-29-22-5-1-2-6-23(22)30-26/h1-10,13,16,21H,11-12,14-15,17H2,(H,28,32)(H,29,30). The van der Waals surface area contributed by atoms with Crippen LogP contribution in [0.1, 0.15) is 39.1 Å². The molecule has 0 spiro atoms. The zero-order chi connectivity index (χ0) is 23.3. The number of benzene rings is 2. The summed E-state index contributed by atoms with van der Waals surface area (Å²) in [6, 6.07) is 19.3. The molecule has 4 aromatic rings. The normalized spacial score (nSPS) is 14.3. The fraction of sp³-hybridized carbons (Fsp3) is 0.231. The molecule has 3 heterocycles. The summed E-state index contributed by atoms with van der Waals surface area (Å²) in [5.74, 6) is 0.693. The Labute approximate surface area is 202 Å². The van der Waals surface area contributed by atoms with Crippen molar-refractivity contribution >= 4 is 34.6 Å². The first-order valence-corrected chi connectivity index (χ1v) is 12.3. The van der Waals surface area contributed by atoms with E-state index in [-0.39, 0.29) is 17.9 Å². The Morgan fingerprint density at radius 2 is 1.79 bits per heavy atom. The average Bonchev–Trinajstić information content (AvgIpc) is 3.31. The van der Waals surface area contributed by atoms with Crippen molar-refractivity contribution in [3.8, 4) is 0 Å². The van der Waals surface area contributed by atoms with Crippen molar-refractivity contribution in [3.63, 3.8) is 0 Å². The quantitative estimate of drug-likeness (QED) is 0.410. The Kier molecular flexibility index (Phi) is 6.58. The minimum absolute atomic E-state index is 0.0357. The van der Waals surface area contributed by atoms with Crippen LogP contribution in [0.5, 0.6) is 0 Å². The van der Waals surface area contributed by atoms with E-state index in [4.69, 9.17) is 0 Å². The van der Waals surface area contributed by atoms with Crippen LogP contribution >= 0.6 is 11.8 Å². The number of nitrogens with zero attached hydrogens (tertiary/aromatic N) is 3. The first-order valence-electron chi connectivity index (χ1n) is 11.3. The number of thioether (sulfide) groups is 1. The lowest BCUT2D eigenvalue weighted by Crippen LogP contribution is -2.46. The smallest absolute Gasteiger partial charge is 0.253 e. The topological polar surface area (TPSA) is 91.0 Å². The molecule has 1 aliphatic rings. The number of piperidine rings is 1. The number of aromatic amines is 1. The van der Waals surface area contributed by atoms with Gasteiger partial charge in [0, 0.05) is 42.8 Å². The van der Waals surface area contributed by atoms with E-state index in [0.29, 0.717) is 24.2 Å². The molecule has 34 heavy (non-hydrogen) atoms. The minimum atomic E-state index is -0.117. The third kappa shape index (κ3) is 5.12. The second-order valence-corrected chi connectivity index (χ2v) is 9.29. The van der Waals surface area contributed by atoms with Gasteiger partial charge < -0.3 is 15.2 Å². The molecule has 1 saturated heterocycles. The van der Waals surface area contributed by atoms with Crippen molar-refractivity contribution in [1.29, 1.82) is 0 Å². The van der Waals surface area contributed by atoms with Gasteiger partial charge in [0.2, 0.25) is 0 Å². The van der Waals surface area contributed by atoms with E-state index in [1.54, 1.807) is 36.3 Å². The highest BCUT2D eigenvalue weighted by atomic mass is 32.2. The highest BCUT2D eigenvalue weighted by Gasteiger charge is 2.25.